The van der Waals surface area contributed by atoms with Crippen molar-refractivity contribution in [3.63, 3.8) is 0 Å². The number of furan rings is 2. The summed E-state index contributed by atoms with van der Waals surface area (Å²) < 4.78 is 63.1. The van der Waals surface area contributed by atoms with E-state index in [0.29, 0.717) is 72.1 Å². The second-order valence-electron chi connectivity index (χ2n) is 12.6. The van der Waals surface area contributed by atoms with Crippen LogP contribution in [0.4, 0.5) is 0 Å². The molecule has 14 heteroatoms. The summed E-state index contributed by atoms with van der Waals surface area (Å²) >= 11 is 0. The molecule has 0 atom stereocenters. The van der Waals surface area contributed by atoms with Crippen LogP contribution in [-0.4, -0.2) is 79.4 Å². The van der Waals surface area contributed by atoms with E-state index >= 15 is 0 Å². The summed E-state index contributed by atoms with van der Waals surface area (Å²) in [6, 6.07) is 24.1. The molecule has 2 aromatic heterocycles. The number of benzene rings is 4. The number of hydrogen-bond donors (Lipinski definition) is 4. The van der Waals surface area contributed by atoms with Crippen LogP contribution >= 0.6 is 0 Å². The van der Waals surface area contributed by atoms with E-state index in [1.54, 1.807) is 24.3 Å². The van der Waals surface area contributed by atoms with Gasteiger partial charge in [-0.05, 0) is 100 Å². The minimum absolute atomic E-state index is 0.0862. The first-order chi connectivity index (χ1) is 25.1. The molecule has 0 aliphatic carbocycles. The molecule has 2 amide bonds. The van der Waals surface area contributed by atoms with Gasteiger partial charge in [0, 0.05) is 34.6 Å². The highest BCUT2D eigenvalue weighted by Gasteiger charge is 2.22. The first-order valence-electron chi connectivity index (χ1n) is 17.3. The predicted molar refractivity (Wildman–Crippen MR) is 202 cm³/mol. The molecule has 12 nitrogen and oxygen atoms in total. The number of amides is 2. The Labute approximate surface area is 302 Å². The molecule has 0 radical (unpaired) electrons. The summed E-state index contributed by atoms with van der Waals surface area (Å²) in [4.78, 5) is 24.9. The lowest BCUT2D eigenvalue weighted by Crippen LogP contribution is -2.32. The smallest absolute Gasteiger partial charge is 0.235 e. The predicted octanol–water partition coefficient (Wildman–Crippen LogP) is 4.71. The highest BCUT2D eigenvalue weighted by atomic mass is 32.2. The van der Waals surface area contributed by atoms with Crippen molar-refractivity contribution in [2.45, 2.75) is 35.5 Å². The standard InChI is InChI=1S/C38H42N4O8S2/c43-37(25-51(45,46)27-13-15-35-31(23-27)29-9-1-3-11-33(29)49-35)41-21-7-19-39-17-5-6-18-40-20-8-22-42-38(44)26-52(47,48)28-14-16-36-32(24-28)30-10-2-4-12-34(30)50-36/h1-4,9-16,23-24,39-40H,5-8,17-22,25-26H2,(H,41,43)(H,42,44). The largest absolute Gasteiger partial charge is 0.456 e. The molecule has 4 N–H and O–H groups in total. The van der Waals surface area contributed by atoms with Crippen LogP contribution in [0.25, 0.3) is 43.9 Å². The molecule has 2 heterocycles. The van der Waals surface area contributed by atoms with Gasteiger partial charge < -0.3 is 30.1 Å². The maximum Gasteiger partial charge on any atom is 0.235 e. The maximum absolute atomic E-state index is 12.9. The van der Waals surface area contributed by atoms with E-state index in [0.717, 1.165) is 36.7 Å². The van der Waals surface area contributed by atoms with Crippen molar-refractivity contribution in [2.75, 3.05) is 50.8 Å². The summed E-state index contributed by atoms with van der Waals surface area (Å²) in [7, 11) is -7.63. The van der Waals surface area contributed by atoms with Crippen LogP contribution in [0, 0.1) is 0 Å². The molecule has 6 aromatic rings. The number of unbranched alkanes of at least 4 members (excludes halogenated alkanes) is 1. The molecule has 4 aromatic carbocycles. The maximum atomic E-state index is 12.9. The zero-order chi connectivity index (χ0) is 36.6. The lowest BCUT2D eigenvalue weighted by Gasteiger charge is -2.09. The molecular weight excluding hydrogens is 705 g/mol. The van der Waals surface area contributed by atoms with Gasteiger partial charge in [0.1, 0.15) is 33.8 Å². The third-order valence-electron chi connectivity index (χ3n) is 8.72. The Bertz CT molecular complexity index is 2250. The average Bonchev–Trinajstić information content (AvgIpc) is 3.69. The van der Waals surface area contributed by atoms with Crippen molar-refractivity contribution in [2.24, 2.45) is 0 Å². The van der Waals surface area contributed by atoms with Gasteiger partial charge in [-0.2, -0.15) is 0 Å². The second-order valence-corrected chi connectivity index (χ2v) is 16.6. The summed E-state index contributed by atoms with van der Waals surface area (Å²) in [5, 5.41) is 15.1. The quantitative estimate of drug-likeness (QED) is 0.0850. The fraction of sp³-hybridized carbons (Fsp3) is 0.316. The fourth-order valence-electron chi connectivity index (χ4n) is 6.04. The Morgan fingerprint density at radius 3 is 1.29 bits per heavy atom. The van der Waals surface area contributed by atoms with Gasteiger partial charge in [-0.15, -0.1) is 0 Å². The van der Waals surface area contributed by atoms with Gasteiger partial charge in [0.05, 0.1) is 9.79 Å². The van der Waals surface area contributed by atoms with Crippen LogP contribution in [0.1, 0.15) is 25.7 Å². The molecule has 0 unspecified atom stereocenters. The number of para-hydroxylation sites is 2. The first-order valence-corrected chi connectivity index (χ1v) is 20.6. The molecule has 0 bridgehead atoms. The van der Waals surface area contributed by atoms with Gasteiger partial charge in [-0.3, -0.25) is 9.59 Å². The number of carbonyl (C=O) groups excluding carboxylic acids is 2. The van der Waals surface area contributed by atoms with Crippen molar-refractivity contribution in [3.8, 4) is 0 Å². The van der Waals surface area contributed by atoms with Crippen molar-refractivity contribution >= 4 is 75.4 Å². The van der Waals surface area contributed by atoms with Crippen LogP contribution in [0.3, 0.4) is 0 Å². The molecule has 0 fully saturated rings. The van der Waals surface area contributed by atoms with E-state index in [1.165, 1.54) is 12.1 Å². The van der Waals surface area contributed by atoms with Crippen LogP contribution in [0.15, 0.2) is 104 Å². The summed E-state index contributed by atoms with van der Waals surface area (Å²) in [5.74, 6) is -2.31. The summed E-state index contributed by atoms with van der Waals surface area (Å²) in [6.07, 6.45) is 3.23. The SMILES string of the molecule is O=C(CS(=O)(=O)c1ccc2oc3ccccc3c2c1)NCCCNCCCCNCCCNC(=O)CS(=O)(=O)c1ccc2oc3ccccc3c2c1. The van der Waals surface area contributed by atoms with E-state index in [9.17, 15) is 26.4 Å². The van der Waals surface area contributed by atoms with E-state index < -0.39 is 43.0 Å². The summed E-state index contributed by atoms with van der Waals surface area (Å²) in [6.45, 7) is 3.74. The topological polar surface area (TPSA) is 177 Å². The van der Waals surface area contributed by atoms with Gasteiger partial charge >= 0.3 is 0 Å². The molecule has 0 saturated heterocycles. The Morgan fingerprint density at radius 1 is 0.462 bits per heavy atom. The van der Waals surface area contributed by atoms with Crippen LogP contribution in [0.2, 0.25) is 0 Å². The zero-order valence-corrected chi connectivity index (χ0v) is 30.3. The number of fused-ring (bicyclic) bond motifs is 6. The fourth-order valence-corrected chi connectivity index (χ4v) is 8.42. The monoisotopic (exact) mass is 746 g/mol. The molecule has 0 aliphatic heterocycles. The highest BCUT2D eigenvalue weighted by Crippen LogP contribution is 2.31. The average molecular weight is 747 g/mol. The van der Waals surface area contributed by atoms with Crippen LogP contribution < -0.4 is 21.3 Å². The second kappa shape index (κ2) is 16.7. The van der Waals surface area contributed by atoms with Gasteiger partial charge in [-0.1, -0.05) is 36.4 Å². The Kier molecular flexibility index (Phi) is 11.9. The van der Waals surface area contributed by atoms with Crippen molar-refractivity contribution in [1.29, 1.82) is 0 Å². The minimum Gasteiger partial charge on any atom is -0.456 e. The Balaban J connectivity index is 0.777. The molecule has 0 saturated carbocycles. The lowest BCUT2D eigenvalue weighted by molar-refractivity contribution is -0.119. The highest BCUT2D eigenvalue weighted by molar-refractivity contribution is 7.92. The third-order valence-corrected chi connectivity index (χ3v) is 11.9. The number of sulfone groups is 2. The number of carbonyl (C=O) groups is 2. The van der Waals surface area contributed by atoms with Gasteiger partial charge in [-0.25, -0.2) is 16.8 Å². The molecule has 52 heavy (non-hydrogen) atoms. The van der Waals surface area contributed by atoms with E-state index in [4.69, 9.17) is 8.83 Å². The lowest BCUT2D eigenvalue weighted by atomic mass is 10.1. The van der Waals surface area contributed by atoms with Crippen molar-refractivity contribution in [1.82, 2.24) is 21.3 Å². The van der Waals surface area contributed by atoms with Gasteiger partial charge in [0.25, 0.3) is 0 Å². The molecule has 6 rings (SSSR count). The summed E-state index contributed by atoms with van der Waals surface area (Å²) in [5.41, 5.74) is 2.54. The molecule has 0 spiro atoms. The minimum atomic E-state index is -3.81. The van der Waals surface area contributed by atoms with Crippen LogP contribution in [-0.2, 0) is 29.3 Å². The normalized spacial score (nSPS) is 12.2. The van der Waals surface area contributed by atoms with Gasteiger partial charge in [0.15, 0.2) is 19.7 Å². The van der Waals surface area contributed by atoms with E-state index in [1.807, 2.05) is 48.5 Å². The van der Waals surface area contributed by atoms with Gasteiger partial charge in [0.2, 0.25) is 11.8 Å². The Morgan fingerprint density at radius 2 is 0.846 bits per heavy atom. The van der Waals surface area contributed by atoms with E-state index in [2.05, 4.69) is 21.3 Å². The zero-order valence-electron chi connectivity index (χ0n) is 28.7. The van der Waals surface area contributed by atoms with E-state index in [-0.39, 0.29) is 9.79 Å². The number of nitrogens with one attached hydrogen (secondary N) is 4. The molecular formula is C38H42N4O8S2. The first kappa shape index (κ1) is 37.0. The molecule has 274 valence electrons. The third kappa shape index (κ3) is 9.17. The number of rotatable bonds is 19. The van der Waals surface area contributed by atoms with Crippen molar-refractivity contribution < 1.29 is 35.3 Å². The molecule has 0 aliphatic rings. The Hall–Kier alpha value is -4.76. The number of hydrogen-bond acceptors (Lipinski definition) is 10. The van der Waals surface area contributed by atoms with Crippen molar-refractivity contribution in [3.05, 3.63) is 84.9 Å². The van der Waals surface area contributed by atoms with Crippen LogP contribution in [0.5, 0.6) is 0 Å².